The highest BCUT2D eigenvalue weighted by Gasteiger charge is 1.98. The first kappa shape index (κ1) is 13.6. The number of nitrogens with zero attached hydrogens (tertiary/aromatic N) is 2. The van der Waals surface area contributed by atoms with Crippen molar-refractivity contribution in [3.63, 3.8) is 0 Å². The van der Waals surface area contributed by atoms with Crippen LogP contribution in [0.2, 0.25) is 0 Å². The Hall–Kier alpha value is -1.82. The van der Waals surface area contributed by atoms with E-state index in [9.17, 15) is 4.79 Å². The van der Waals surface area contributed by atoms with Crippen LogP contribution in [0.3, 0.4) is 0 Å². The molecule has 0 radical (unpaired) electrons. The normalized spacial score (nSPS) is 10.4. The van der Waals surface area contributed by atoms with E-state index in [1.54, 1.807) is 29.2 Å². The third kappa shape index (κ3) is 4.10. The molecule has 0 atom stereocenters. The maximum Gasteiger partial charge on any atom is 0.250 e. The highest BCUT2D eigenvalue weighted by atomic mass is 79.9. The van der Waals surface area contributed by atoms with Crippen LogP contribution in [-0.4, -0.2) is 16.2 Å². The van der Waals surface area contributed by atoms with E-state index in [2.05, 4.69) is 20.9 Å². The van der Waals surface area contributed by atoms with E-state index < -0.39 is 0 Å². The molecule has 0 aliphatic rings. The number of nitrogen functional groups attached to an aromatic ring is 1. The van der Waals surface area contributed by atoms with Crippen LogP contribution in [0.5, 0.6) is 5.75 Å². The second-order valence-electron chi connectivity index (χ2n) is 4.03. The number of aryl methyl sites for hydroxylation is 1. The first-order valence-corrected chi connectivity index (χ1v) is 6.64. The molecule has 0 fully saturated rings. The Morgan fingerprint density at radius 2 is 2.21 bits per heavy atom. The Balaban J connectivity index is 1.84. The van der Waals surface area contributed by atoms with Crippen LogP contribution in [0.25, 0.3) is 0 Å². The summed E-state index contributed by atoms with van der Waals surface area (Å²) in [5, 5.41) is 0. The predicted molar refractivity (Wildman–Crippen MR) is 77.2 cm³/mol. The van der Waals surface area contributed by atoms with E-state index in [0.717, 1.165) is 10.9 Å². The SMILES string of the molecule is Nc1ccc(=O)n(CCCOc2cncc(Br)c2)c1. The largest absolute Gasteiger partial charge is 0.492 e. The van der Waals surface area contributed by atoms with E-state index in [-0.39, 0.29) is 5.56 Å². The van der Waals surface area contributed by atoms with Gasteiger partial charge in [-0.15, -0.1) is 0 Å². The maximum absolute atomic E-state index is 11.5. The standard InChI is InChI=1S/C13H14BrN3O2/c14-10-6-12(8-16-7-10)19-5-1-4-17-9-11(15)2-3-13(17)18/h2-3,6-9H,1,4-5,15H2. The van der Waals surface area contributed by atoms with Crippen LogP contribution >= 0.6 is 15.9 Å². The van der Waals surface area contributed by atoms with Gasteiger partial charge in [0.05, 0.1) is 12.8 Å². The van der Waals surface area contributed by atoms with Gasteiger partial charge in [0.25, 0.3) is 5.56 Å². The molecule has 19 heavy (non-hydrogen) atoms. The fourth-order valence-electron chi connectivity index (χ4n) is 1.62. The fraction of sp³-hybridized carbons (Fsp3) is 0.231. The van der Waals surface area contributed by atoms with Crippen molar-refractivity contribution in [1.82, 2.24) is 9.55 Å². The van der Waals surface area contributed by atoms with Gasteiger partial charge in [-0.25, -0.2) is 0 Å². The maximum atomic E-state index is 11.5. The number of rotatable bonds is 5. The van der Waals surface area contributed by atoms with E-state index in [0.29, 0.717) is 24.6 Å². The quantitative estimate of drug-likeness (QED) is 0.855. The van der Waals surface area contributed by atoms with Crippen molar-refractivity contribution in [1.29, 1.82) is 0 Å². The van der Waals surface area contributed by atoms with Gasteiger partial charge in [0.15, 0.2) is 0 Å². The average molecular weight is 324 g/mol. The Morgan fingerprint density at radius 3 is 3.00 bits per heavy atom. The summed E-state index contributed by atoms with van der Waals surface area (Å²) in [5.41, 5.74) is 6.16. The summed E-state index contributed by atoms with van der Waals surface area (Å²) in [7, 11) is 0. The van der Waals surface area contributed by atoms with Crippen molar-refractivity contribution in [2.24, 2.45) is 0 Å². The van der Waals surface area contributed by atoms with Crippen LogP contribution in [0.1, 0.15) is 6.42 Å². The summed E-state index contributed by atoms with van der Waals surface area (Å²) in [5.74, 6) is 0.703. The number of aromatic nitrogens is 2. The van der Waals surface area contributed by atoms with E-state index in [1.807, 2.05) is 6.07 Å². The highest BCUT2D eigenvalue weighted by molar-refractivity contribution is 9.10. The number of nitrogens with two attached hydrogens (primary N) is 1. The number of pyridine rings is 2. The van der Waals surface area contributed by atoms with Gasteiger partial charge in [0.2, 0.25) is 0 Å². The number of anilines is 1. The second-order valence-corrected chi connectivity index (χ2v) is 4.95. The van der Waals surface area contributed by atoms with Crippen LogP contribution in [0, 0.1) is 0 Å². The van der Waals surface area contributed by atoms with Gasteiger partial charge in [-0.3, -0.25) is 9.78 Å². The summed E-state index contributed by atoms with van der Waals surface area (Å²) in [6.07, 6.45) is 5.70. The van der Waals surface area contributed by atoms with Crippen LogP contribution in [-0.2, 0) is 6.54 Å². The molecule has 0 unspecified atom stereocenters. The molecule has 0 aromatic carbocycles. The van der Waals surface area contributed by atoms with Gasteiger partial charge in [0, 0.05) is 35.2 Å². The zero-order valence-corrected chi connectivity index (χ0v) is 11.8. The molecular formula is C13H14BrN3O2. The molecule has 100 valence electrons. The fourth-order valence-corrected chi connectivity index (χ4v) is 1.96. The Morgan fingerprint density at radius 1 is 1.37 bits per heavy atom. The van der Waals surface area contributed by atoms with Crippen molar-refractivity contribution in [3.05, 3.63) is 51.6 Å². The number of ether oxygens (including phenoxy) is 1. The third-order valence-corrected chi connectivity index (χ3v) is 2.93. The van der Waals surface area contributed by atoms with Gasteiger partial charge in [0.1, 0.15) is 5.75 Å². The Labute approximate surface area is 119 Å². The van der Waals surface area contributed by atoms with Crippen LogP contribution in [0.4, 0.5) is 5.69 Å². The summed E-state index contributed by atoms with van der Waals surface area (Å²) in [6.45, 7) is 1.09. The van der Waals surface area contributed by atoms with E-state index >= 15 is 0 Å². The zero-order valence-electron chi connectivity index (χ0n) is 10.3. The molecule has 5 nitrogen and oxygen atoms in total. The van der Waals surface area contributed by atoms with Crippen molar-refractivity contribution < 1.29 is 4.74 Å². The van der Waals surface area contributed by atoms with Crippen molar-refractivity contribution in [2.75, 3.05) is 12.3 Å². The molecule has 6 heteroatoms. The zero-order chi connectivity index (χ0) is 13.7. The van der Waals surface area contributed by atoms with Gasteiger partial charge in [-0.1, -0.05) is 0 Å². The molecule has 0 aliphatic carbocycles. The molecule has 0 saturated carbocycles. The van der Waals surface area contributed by atoms with Crippen molar-refractivity contribution in [3.8, 4) is 5.75 Å². The van der Waals surface area contributed by atoms with Gasteiger partial charge >= 0.3 is 0 Å². The summed E-state index contributed by atoms with van der Waals surface area (Å²) in [6, 6.07) is 4.91. The lowest BCUT2D eigenvalue weighted by Gasteiger charge is -2.08. The molecule has 2 rings (SSSR count). The third-order valence-electron chi connectivity index (χ3n) is 2.50. The molecule has 2 aromatic heterocycles. The molecule has 2 aromatic rings. The molecule has 2 N–H and O–H groups in total. The highest BCUT2D eigenvalue weighted by Crippen LogP contribution is 2.15. The first-order chi connectivity index (χ1) is 9.15. The Bertz CT molecular complexity index is 613. The molecule has 0 aliphatic heterocycles. The minimum Gasteiger partial charge on any atom is -0.492 e. The van der Waals surface area contributed by atoms with E-state index in [1.165, 1.54) is 6.07 Å². The minimum atomic E-state index is -0.0571. The summed E-state index contributed by atoms with van der Waals surface area (Å²) >= 11 is 3.32. The van der Waals surface area contributed by atoms with Gasteiger partial charge in [-0.2, -0.15) is 0 Å². The molecule has 0 spiro atoms. The Kier molecular flexibility index (Phi) is 4.57. The monoisotopic (exact) mass is 323 g/mol. The van der Waals surface area contributed by atoms with Gasteiger partial charge in [-0.05, 0) is 34.5 Å². The number of hydrogen-bond acceptors (Lipinski definition) is 4. The van der Waals surface area contributed by atoms with Crippen LogP contribution in [0.15, 0.2) is 46.1 Å². The molecular weight excluding hydrogens is 310 g/mol. The van der Waals surface area contributed by atoms with Crippen molar-refractivity contribution >= 4 is 21.6 Å². The number of hydrogen-bond donors (Lipinski definition) is 1. The predicted octanol–water partition coefficient (Wildman–Crippen LogP) is 2.06. The lowest BCUT2D eigenvalue weighted by atomic mass is 10.4. The molecule has 0 bridgehead atoms. The molecule has 0 saturated heterocycles. The summed E-state index contributed by atoms with van der Waals surface area (Å²) < 4.78 is 7.99. The topological polar surface area (TPSA) is 70.1 Å². The smallest absolute Gasteiger partial charge is 0.250 e. The lowest BCUT2D eigenvalue weighted by Crippen LogP contribution is -2.20. The first-order valence-electron chi connectivity index (χ1n) is 5.84. The van der Waals surface area contributed by atoms with Gasteiger partial charge < -0.3 is 15.0 Å². The van der Waals surface area contributed by atoms with Crippen LogP contribution < -0.4 is 16.0 Å². The van der Waals surface area contributed by atoms with Crippen molar-refractivity contribution in [2.45, 2.75) is 13.0 Å². The minimum absolute atomic E-state index is 0.0571. The molecule has 2 heterocycles. The molecule has 0 amide bonds. The van der Waals surface area contributed by atoms with E-state index in [4.69, 9.17) is 10.5 Å². The summed E-state index contributed by atoms with van der Waals surface area (Å²) in [4.78, 5) is 15.5. The lowest BCUT2D eigenvalue weighted by molar-refractivity contribution is 0.299. The number of halogens is 1. The second kappa shape index (κ2) is 6.38. The average Bonchev–Trinajstić information content (AvgIpc) is 2.39.